The molecule has 2 aromatic heterocycles. The quantitative estimate of drug-likeness (QED) is 0.573. The first-order valence-electron chi connectivity index (χ1n) is 9.88. The van der Waals surface area contributed by atoms with Gasteiger partial charge in [0.1, 0.15) is 5.75 Å². The highest BCUT2D eigenvalue weighted by Gasteiger charge is 2.15. The van der Waals surface area contributed by atoms with Crippen LogP contribution < -0.4 is 10.1 Å². The van der Waals surface area contributed by atoms with E-state index in [1.54, 1.807) is 22.7 Å². The number of rotatable bonds is 8. The number of anilines is 1. The fraction of sp³-hybridized carbons (Fsp3) is 0.364. The summed E-state index contributed by atoms with van der Waals surface area (Å²) >= 11 is 0. The number of fused-ring (bicyclic) bond motifs is 1. The standard InChI is InChI=1S/C22H26N4O4/c1-5-29-19-9-7-6-8-18(19)24-21(27)13-30-22(28)11-10-17-15(3)23-20-12-14(2)25-26(20)16(17)4/h6-9,12H,5,10-11,13H2,1-4H3,(H,24,27). The van der Waals surface area contributed by atoms with E-state index in [1.807, 2.05) is 39.8 Å². The minimum atomic E-state index is -0.446. The number of aromatic nitrogens is 3. The van der Waals surface area contributed by atoms with Crippen LogP contribution in [0.3, 0.4) is 0 Å². The molecular formula is C22H26N4O4. The van der Waals surface area contributed by atoms with E-state index in [0.717, 1.165) is 28.3 Å². The van der Waals surface area contributed by atoms with Crippen LogP contribution in [0.25, 0.3) is 5.65 Å². The van der Waals surface area contributed by atoms with Gasteiger partial charge in [0.15, 0.2) is 12.3 Å². The summed E-state index contributed by atoms with van der Waals surface area (Å²) in [5.41, 5.74) is 4.98. The summed E-state index contributed by atoms with van der Waals surface area (Å²) < 4.78 is 12.4. The number of ether oxygens (including phenoxy) is 2. The Morgan fingerprint density at radius 2 is 1.93 bits per heavy atom. The van der Waals surface area contributed by atoms with Crippen LogP contribution in [0, 0.1) is 20.8 Å². The fourth-order valence-corrected chi connectivity index (χ4v) is 3.29. The molecule has 8 heteroatoms. The average molecular weight is 410 g/mol. The minimum Gasteiger partial charge on any atom is -0.492 e. The van der Waals surface area contributed by atoms with Gasteiger partial charge >= 0.3 is 5.97 Å². The maximum Gasteiger partial charge on any atom is 0.306 e. The molecule has 0 radical (unpaired) electrons. The second-order valence-corrected chi connectivity index (χ2v) is 6.95. The van der Waals surface area contributed by atoms with Gasteiger partial charge in [-0.2, -0.15) is 5.10 Å². The number of benzene rings is 1. The van der Waals surface area contributed by atoms with Crippen LogP contribution in [0.15, 0.2) is 30.3 Å². The molecule has 3 rings (SSSR count). The topological polar surface area (TPSA) is 94.8 Å². The molecule has 0 spiro atoms. The van der Waals surface area contributed by atoms with Gasteiger partial charge in [0.05, 0.1) is 18.0 Å². The molecule has 0 aliphatic heterocycles. The summed E-state index contributed by atoms with van der Waals surface area (Å²) in [7, 11) is 0. The Balaban J connectivity index is 1.54. The van der Waals surface area contributed by atoms with Gasteiger partial charge in [-0.3, -0.25) is 9.59 Å². The van der Waals surface area contributed by atoms with E-state index >= 15 is 0 Å². The highest BCUT2D eigenvalue weighted by molar-refractivity contribution is 5.94. The highest BCUT2D eigenvalue weighted by atomic mass is 16.5. The zero-order valence-electron chi connectivity index (χ0n) is 17.7. The summed E-state index contributed by atoms with van der Waals surface area (Å²) in [6.07, 6.45) is 0.616. The largest absolute Gasteiger partial charge is 0.492 e. The number of amides is 1. The van der Waals surface area contributed by atoms with Crippen LogP contribution in [-0.2, 0) is 20.7 Å². The molecule has 1 N–H and O–H groups in total. The van der Waals surface area contributed by atoms with Crippen molar-refractivity contribution in [2.45, 2.75) is 40.5 Å². The third-order valence-corrected chi connectivity index (χ3v) is 4.69. The van der Waals surface area contributed by atoms with Crippen molar-refractivity contribution < 1.29 is 19.1 Å². The third-order valence-electron chi connectivity index (χ3n) is 4.69. The van der Waals surface area contributed by atoms with Crippen LogP contribution in [0.2, 0.25) is 0 Å². The minimum absolute atomic E-state index is 0.151. The van der Waals surface area contributed by atoms with Gasteiger partial charge in [0, 0.05) is 23.9 Å². The van der Waals surface area contributed by atoms with E-state index < -0.39 is 11.9 Å². The summed E-state index contributed by atoms with van der Waals surface area (Å²) in [5.74, 6) is -0.292. The third kappa shape index (κ3) is 4.94. The second-order valence-electron chi connectivity index (χ2n) is 6.95. The Bertz CT molecular complexity index is 1070. The predicted octanol–water partition coefficient (Wildman–Crippen LogP) is 3.17. The Hall–Kier alpha value is -3.42. The summed E-state index contributed by atoms with van der Waals surface area (Å²) in [4.78, 5) is 28.9. The maximum absolute atomic E-state index is 12.2. The molecule has 0 bridgehead atoms. The molecule has 0 unspecified atom stereocenters. The number of para-hydroxylation sites is 2. The van der Waals surface area contributed by atoms with E-state index in [-0.39, 0.29) is 13.0 Å². The highest BCUT2D eigenvalue weighted by Crippen LogP contribution is 2.23. The Morgan fingerprint density at radius 1 is 1.17 bits per heavy atom. The van der Waals surface area contributed by atoms with Crippen molar-refractivity contribution in [2.24, 2.45) is 0 Å². The number of nitrogens with zero attached hydrogens (tertiary/aromatic N) is 3. The molecular weight excluding hydrogens is 384 g/mol. The average Bonchev–Trinajstić information content (AvgIpc) is 3.08. The van der Waals surface area contributed by atoms with E-state index in [4.69, 9.17) is 9.47 Å². The van der Waals surface area contributed by atoms with Crippen molar-refractivity contribution in [3.8, 4) is 5.75 Å². The lowest BCUT2D eigenvalue weighted by molar-refractivity contribution is -0.147. The number of esters is 1. The lowest BCUT2D eigenvalue weighted by Gasteiger charge is -2.12. The van der Waals surface area contributed by atoms with E-state index in [0.29, 0.717) is 24.5 Å². The Kier molecular flexibility index (Phi) is 6.66. The predicted molar refractivity (Wildman–Crippen MR) is 113 cm³/mol. The molecule has 3 aromatic rings. The Labute approximate surface area is 175 Å². The first-order chi connectivity index (χ1) is 14.4. The van der Waals surface area contributed by atoms with Gasteiger partial charge < -0.3 is 14.8 Å². The first-order valence-corrected chi connectivity index (χ1v) is 9.88. The summed E-state index contributed by atoms with van der Waals surface area (Å²) in [5, 5.41) is 7.14. The van der Waals surface area contributed by atoms with Crippen LogP contribution in [0.1, 0.15) is 36.0 Å². The van der Waals surface area contributed by atoms with Crippen molar-refractivity contribution in [2.75, 3.05) is 18.5 Å². The molecule has 158 valence electrons. The molecule has 30 heavy (non-hydrogen) atoms. The van der Waals surface area contributed by atoms with E-state index in [9.17, 15) is 9.59 Å². The zero-order chi connectivity index (χ0) is 21.7. The monoisotopic (exact) mass is 410 g/mol. The first kappa shape index (κ1) is 21.3. The fourth-order valence-electron chi connectivity index (χ4n) is 3.29. The maximum atomic E-state index is 12.2. The summed E-state index contributed by atoms with van der Waals surface area (Å²) in [6, 6.07) is 9.03. The van der Waals surface area contributed by atoms with Gasteiger partial charge in [0.25, 0.3) is 5.91 Å². The van der Waals surface area contributed by atoms with Gasteiger partial charge in [-0.05, 0) is 51.8 Å². The molecule has 0 saturated carbocycles. The zero-order valence-corrected chi connectivity index (χ0v) is 17.7. The Morgan fingerprint density at radius 3 is 2.70 bits per heavy atom. The van der Waals surface area contributed by atoms with Crippen molar-refractivity contribution in [1.82, 2.24) is 14.6 Å². The normalized spacial score (nSPS) is 10.8. The lowest BCUT2D eigenvalue weighted by atomic mass is 10.1. The van der Waals surface area contributed by atoms with Crippen LogP contribution in [-0.4, -0.2) is 39.7 Å². The second kappa shape index (κ2) is 9.39. The molecule has 0 fully saturated rings. The molecule has 0 saturated heterocycles. The van der Waals surface area contributed by atoms with Gasteiger partial charge in [0.2, 0.25) is 0 Å². The number of carbonyl (C=O) groups excluding carboxylic acids is 2. The van der Waals surface area contributed by atoms with Crippen molar-refractivity contribution in [3.05, 3.63) is 53.0 Å². The molecule has 1 aromatic carbocycles. The van der Waals surface area contributed by atoms with Crippen molar-refractivity contribution in [1.29, 1.82) is 0 Å². The van der Waals surface area contributed by atoms with Crippen LogP contribution in [0.5, 0.6) is 5.75 Å². The molecule has 0 atom stereocenters. The molecule has 2 heterocycles. The smallest absolute Gasteiger partial charge is 0.306 e. The van der Waals surface area contributed by atoms with Gasteiger partial charge in [-0.15, -0.1) is 0 Å². The van der Waals surface area contributed by atoms with E-state index in [2.05, 4.69) is 15.4 Å². The van der Waals surface area contributed by atoms with Crippen molar-refractivity contribution >= 4 is 23.2 Å². The number of hydrogen-bond donors (Lipinski definition) is 1. The molecule has 1 amide bonds. The van der Waals surface area contributed by atoms with Crippen molar-refractivity contribution in [3.63, 3.8) is 0 Å². The molecule has 8 nitrogen and oxygen atoms in total. The van der Waals surface area contributed by atoms with Gasteiger partial charge in [-0.1, -0.05) is 12.1 Å². The summed E-state index contributed by atoms with van der Waals surface area (Å²) in [6.45, 7) is 7.78. The number of aryl methyl sites for hydroxylation is 3. The van der Waals surface area contributed by atoms with E-state index in [1.165, 1.54) is 0 Å². The lowest BCUT2D eigenvalue weighted by Crippen LogP contribution is -2.21. The molecule has 0 aliphatic carbocycles. The SMILES string of the molecule is CCOc1ccccc1NC(=O)COC(=O)CCc1c(C)nc2cc(C)nn2c1C. The van der Waals surface area contributed by atoms with Crippen LogP contribution >= 0.6 is 0 Å². The van der Waals surface area contributed by atoms with Crippen LogP contribution in [0.4, 0.5) is 5.69 Å². The molecule has 0 aliphatic rings. The number of nitrogens with one attached hydrogen (secondary N) is 1. The number of carbonyl (C=O) groups is 2. The van der Waals surface area contributed by atoms with Gasteiger partial charge in [-0.25, -0.2) is 9.50 Å². The number of hydrogen-bond acceptors (Lipinski definition) is 6.